The van der Waals surface area contributed by atoms with Gasteiger partial charge in [0, 0.05) is 0 Å². The number of carbonyl (C=O) groups is 1. The van der Waals surface area contributed by atoms with Gasteiger partial charge in [-0.2, -0.15) is 8.78 Å². The summed E-state index contributed by atoms with van der Waals surface area (Å²) >= 11 is 1.52. The lowest BCUT2D eigenvalue weighted by Gasteiger charge is -2.14. The van der Waals surface area contributed by atoms with E-state index < -0.39 is 6.61 Å². The summed E-state index contributed by atoms with van der Waals surface area (Å²) in [6.07, 6.45) is 0.0949. The van der Waals surface area contributed by atoms with Crippen molar-refractivity contribution in [1.29, 1.82) is 0 Å². The number of carbonyl (C=O) groups excluding carboxylic acids is 1. The molecular formula is C19H18F2N2O3S. The number of halogens is 2. The van der Waals surface area contributed by atoms with Crippen molar-refractivity contribution in [2.24, 2.45) is 0 Å². The second-order valence-corrected chi connectivity index (χ2v) is 6.86. The van der Waals surface area contributed by atoms with Gasteiger partial charge in [-0.1, -0.05) is 18.2 Å². The molecule has 1 amide bonds. The van der Waals surface area contributed by atoms with Crippen LogP contribution in [0, 0.1) is 6.92 Å². The molecule has 0 radical (unpaired) electrons. The van der Waals surface area contributed by atoms with Crippen LogP contribution in [0.2, 0.25) is 0 Å². The fourth-order valence-corrected chi connectivity index (χ4v) is 3.21. The van der Waals surface area contributed by atoms with Crippen molar-refractivity contribution in [2.75, 3.05) is 0 Å². The van der Waals surface area contributed by atoms with Gasteiger partial charge in [-0.15, -0.1) is 11.3 Å². The summed E-state index contributed by atoms with van der Waals surface area (Å²) in [4.78, 5) is 17.7. The molecule has 142 valence electrons. The van der Waals surface area contributed by atoms with E-state index in [9.17, 15) is 13.6 Å². The van der Waals surface area contributed by atoms with Crippen LogP contribution in [0.4, 0.5) is 8.78 Å². The third-order valence-electron chi connectivity index (χ3n) is 3.94. The third kappa shape index (κ3) is 4.91. The van der Waals surface area contributed by atoms with Crippen LogP contribution < -0.4 is 10.1 Å². The van der Waals surface area contributed by atoms with E-state index in [0.29, 0.717) is 17.3 Å². The van der Waals surface area contributed by atoms with Crippen molar-refractivity contribution in [2.45, 2.75) is 32.9 Å². The molecule has 0 bridgehead atoms. The summed E-state index contributed by atoms with van der Waals surface area (Å²) in [5, 5.41) is 4.80. The second kappa shape index (κ2) is 8.30. The molecule has 1 atom stereocenters. The Bertz CT molecular complexity index is 892. The zero-order valence-electron chi connectivity index (χ0n) is 14.7. The summed E-state index contributed by atoms with van der Waals surface area (Å²) in [7, 11) is 0. The van der Waals surface area contributed by atoms with Gasteiger partial charge in [-0.25, -0.2) is 4.98 Å². The maximum absolute atomic E-state index is 12.3. The fraction of sp³-hybridized carbons (Fsp3) is 0.263. The molecule has 0 aliphatic rings. The zero-order valence-corrected chi connectivity index (χ0v) is 15.6. The minimum Gasteiger partial charge on any atom is -0.440 e. The Morgan fingerprint density at radius 2 is 2.04 bits per heavy atom. The van der Waals surface area contributed by atoms with E-state index in [0.717, 1.165) is 10.4 Å². The quantitative estimate of drug-likeness (QED) is 0.631. The molecule has 1 N–H and O–H groups in total. The number of ether oxygens (including phenoxy) is 1. The molecule has 0 saturated heterocycles. The van der Waals surface area contributed by atoms with Crippen LogP contribution in [-0.2, 0) is 11.2 Å². The lowest BCUT2D eigenvalue weighted by atomic mass is 10.1. The molecule has 0 saturated carbocycles. The number of nitrogens with zero attached hydrogens (tertiary/aromatic N) is 1. The zero-order chi connectivity index (χ0) is 19.4. The van der Waals surface area contributed by atoms with Crippen LogP contribution >= 0.6 is 11.3 Å². The lowest BCUT2D eigenvalue weighted by molar-refractivity contribution is -0.121. The van der Waals surface area contributed by atoms with Gasteiger partial charge in [0.05, 0.1) is 23.0 Å². The number of oxazole rings is 1. The summed E-state index contributed by atoms with van der Waals surface area (Å²) < 4.78 is 34.3. The van der Waals surface area contributed by atoms with Crippen LogP contribution in [0.5, 0.6) is 5.75 Å². The fourth-order valence-electron chi connectivity index (χ4n) is 2.56. The predicted octanol–water partition coefficient (Wildman–Crippen LogP) is 4.73. The molecule has 0 aliphatic carbocycles. The predicted molar refractivity (Wildman–Crippen MR) is 97.9 cm³/mol. The largest absolute Gasteiger partial charge is 0.440 e. The van der Waals surface area contributed by atoms with Crippen LogP contribution in [0.25, 0.3) is 10.8 Å². The van der Waals surface area contributed by atoms with Crippen LogP contribution in [0.1, 0.15) is 30.0 Å². The molecule has 2 aromatic heterocycles. The molecule has 3 rings (SSSR count). The maximum Gasteiger partial charge on any atom is 0.387 e. The van der Waals surface area contributed by atoms with Crippen molar-refractivity contribution >= 4 is 17.2 Å². The Hall–Kier alpha value is -2.74. The minimum absolute atomic E-state index is 0.0756. The topological polar surface area (TPSA) is 64.4 Å². The highest BCUT2D eigenvalue weighted by Gasteiger charge is 2.17. The second-order valence-electron chi connectivity index (χ2n) is 5.91. The van der Waals surface area contributed by atoms with Gasteiger partial charge in [-0.05, 0) is 43.0 Å². The Morgan fingerprint density at radius 1 is 1.30 bits per heavy atom. The highest BCUT2D eigenvalue weighted by Crippen LogP contribution is 2.26. The molecule has 0 fully saturated rings. The van der Waals surface area contributed by atoms with E-state index in [1.807, 2.05) is 24.4 Å². The van der Waals surface area contributed by atoms with E-state index in [2.05, 4.69) is 15.0 Å². The third-order valence-corrected chi connectivity index (χ3v) is 4.79. The Balaban J connectivity index is 1.60. The van der Waals surface area contributed by atoms with Gasteiger partial charge in [0.25, 0.3) is 0 Å². The average molecular weight is 392 g/mol. The van der Waals surface area contributed by atoms with E-state index >= 15 is 0 Å². The van der Waals surface area contributed by atoms with Gasteiger partial charge < -0.3 is 14.5 Å². The number of benzene rings is 1. The van der Waals surface area contributed by atoms with E-state index in [1.165, 1.54) is 23.5 Å². The van der Waals surface area contributed by atoms with Gasteiger partial charge >= 0.3 is 6.61 Å². The Morgan fingerprint density at radius 3 is 2.67 bits per heavy atom. The summed E-state index contributed by atoms with van der Waals surface area (Å²) in [6, 6.07) is 9.69. The van der Waals surface area contributed by atoms with Crippen molar-refractivity contribution in [3.63, 3.8) is 0 Å². The van der Waals surface area contributed by atoms with E-state index in [1.54, 1.807) is 19.1 Å². The van der Waals surface area contributed by atoms with Crippen molar-refractivity contribution in [3.05, 3.63) is 58.8 Å². The Kier molecular flexibility index (Phi) is 5.85. The van der Waals surface area contributed by atoms with E-state index in [4.69, 9.17) is 4.42 Å². The lowest BCUT2D eigenvalue weighted by Crippen LogP contribution is -2.28. The minimum atomic E-state index is -2.86. The highest BCUT2D eigenvalue weighted by molar-refractivity contribution is 7.13. The maximum atomic E-state index is 12.3. The highest BCUT2D eigenvalue weighted by atomic mass is 32.1. The molecule has 1 aromatic carbocycles. The first-order valence-electron chi connectivity index (χ1n) is 8.26. The first-order chi connectivity index (χ1) is 12.9. The number of thiophene rings is 1. The van der Waals surface area contributed by atoms with Gasteiger partial charge in [0.2, 0.25) is 11.8 Å². The van der Waals surface area contributed by atoms with Crippen LogP contribution in [0.3, 0.4) is 0 Å². The van der Waals surface area contributed by atoms with Gasteiger partial charge in [0.1, 0.15) is 11.5 Å². The average Bonchev–Trinajstić information content (AvgIpc) is 3.25. The molecule has 0 aliphatic heterocycles. The molecule has 5 nitrogen and oxygen atoms in total. The SMILES string of the molecule is Cc1oc(-c2cccs2)nc1CC(=O)NC(C)c1ccc(OC(F)F)cc1. The molecule has 2 heterocycles. The Labute approximate surface area is 159 Å². The van der Waals surface area contributed by atoms with Crippen LogP contribution in [0.15, 0.2) is 46.2 Å². The number of hydrogen-bond donors (Lipinski definition) is 1. The first kappa shape index (κ1) is 19.0. The standard InChI is InChI=1S/C19H18F2N2O3S/c1-11(13-5-7-14(8-6-13)26-19(20)21)22-17(24)10-15-12(2)25-18(23-15)16-4-3-9-27-16/h3-9,11,19H,10H2,1-2H3,(H,22,24). The van der Waals surface area contributed by atoms with Gasteiger partial charge in [0.15, 0.2) is 0 Å². The molecule has 0 spiro atoms. The van der Waals surface area contributed by atoms with Gasteiger partial charge in [-0.3, -0.25) is 4.79 Å². The molecular weight excluding hydrogens is 374 g/mol. The number of alkyl halides is 2. The number of amides is 1. The number of aryl methyl sites for hydroxylation is 1. The molecule has 3 aromatic rings. The van der Waals surface area contributed by atoms with Crippen molar-refractivity contribution < 1.29 is 22.7 Å². The van der Waals surface area contributed by atoms with E-state index in [-0.39, 0.29) is 24.1 Å². The first-order valence-corrected chi connectivity index (χ1v) is 9.14. The number of hydrogen-bond acceptors (Lipinski definition) is 5. The number of aromatic nitrogens is 1. The molecule has 8 heteroatoms. The van der Waals surface area contributed by atoms with Crippen LogP contribution in [-0.4, -0.2) is 17.5 Å². The smallest absolute Gasteiger partial charge is 0.387 e. The number of nitrogens with one attached hydrogen (secondary N) is 1. The molecule has 27 heavy (non-hydrogen) atoms. The van der Waals surface area contributed by atoms with Crippen molar-refractivity contribution in [3.8, 4) is 16.5 Å². The number of rotatable bonds is 7. The van der Waals surface area contributed by atoms with Crippen molar-refractivity contribution in [1.82, 2.24) is 10.3 Å². The molecule has 1 unspecified atom stereocenters. The monoisotopic (exact) mass is 392 g/mol. The normalized spacial score (nSPS) is 12.2. The summed E-state index contributed by atoms with van der Waals surface area (Å²) in [6.45, 7) is 0.726. The summed E-state index contributed by atoms with van der Waals surface area (Å²) in [5.41, 5.74) is 1.37. The summed E-state index contributed by atoms with van der Waals surface area (Å²) in [5.74, 6) is 0.985.